The molecule has 12 rings (SSSR count). The van der Waals surface area contributed by atoms with Gasteiger partial charge in [-0.05, 0) is 176 Å². The Balaban J connectivity index is 1.26. The van der Waals surface area contributed by atoms with Crippen LogP contribution in [-0.2, 0) is 27.1 Å². The maximum absolute atomic E-state index is 2.84. The zero-order chi connectivity index (χ0) is 53.6. The van der Waals surface area contributed by atoms with Crippen molar-refractivity contribution in [3.05, 3.63) is 173 Å². The van der Waals surface area contributed by atoms with Crippen LogP contribution in [-0.4, -0.2) is 12.3 Å². The average molecular weight is 1000 g/mol. The number of hydrogen-bond acceptors (Lipinski definition) is 3. The molecule has 0 radical (unpaired) electrons. The summed E-state index contributed by atoms with van der Waals surface area (Å²) < 4.78 is 0. The first-order valence-electron chi connectivity index (χ1n) is 29.2. The third-order valence-electron chi connectivity index (χ3n) is 19.8. The van der Waals surface area contributed by atoms with E-state index in [0.29, 0.717) is 11.8 Å². The van der Waals surface area contributed by atoms with Gasteiger partial charge in [0.05, 0.1) is 11.2 Å². The molecule has 3 nitrogen and oxygen atoms in total. The Morgan fingerprint density at radius 1 is 0.487 bits per heavy atom. The summed E-state index contributed by atoms with van der Waals surface area (Å²) in [6, 6.07) is 56.1. The normalized spacial score (nSPS) is 21.6. The van der Waals surface area contributed by atoms with Gasteiger partial charge in [0.2, 0.25) is 0 Å². The zero-order valence-corrected chi connectivity index (χ0v) is 48.8. The van der Waals surface area contributed by atoms with E-state index in [1.807, 2.05) is 0 Å². The van der Waals surface area contributed by atoms with Crippen molar-refractivity contribution < 1.29 is 0 Å². The molecule has 4 heteroatoms. The van der Waals surface area contributed by atoms with Crippen molar-refractivity contribution in [1.82, 2.24) is 0 Å². The molecule has 0 N–H and O–H groups in total. The van der Waals surface area contributed by atoms with Crippen LogP contribution >= 0.6 is 0 Å². The quantitative estimate of drug-likeness (QED) is 0.159. The lowest BCUT2D eigenvalue weighted by molar-refractivity contribution is 0.261. The van der Waals surface area contributed by atoms with Gasteiger partial charge >= 0.3 is 0 Å². The Bertz CT molecular complexity index is 3410. The minimum Gasteiger partial charge on any atom is -0.334 e. The molecule has 5 aliphatic rings. The Hall–Kier alpha value is -6.00. The lowest BCUT2D eigenvalue weighted by atomic mass is 9.33. The van der Waals surface area contributed by atoms with Crippen LogP contribution in [0, 0.1) is 5.92 Å². The summed E-state index contributed by atoms with van der Waals surface area (Å²) in [5, 5.41) is 0. The average Bonchev–Trinajstić information content (AvgIpc) is 3.69. The smallest absolute Gasteiger partial charge is 0.252 e. The van der Waals surface area contributed by atoms with Gasteiger partial charge in [0.1, 0.15) is 0 Å². The van der Waals surface area contributed by atoms with Crippen molar-refractivity contribution in [1.29, 1.82) is 0 Å². The van der Waals surface area contributed by atoms with Crippen LogP contribution < -0.4 is 31.1 Å². The fourth-order valence-electron chi connectivity index (χ4n) is 15.0. The lowest BCUT2D eigenvalue weighted by Gasteiger charge is -2.49. The fourth-order valence-corrected chi connectivity index (χ4v) is 15.0. The minimum absolute atomic E-state index is 0.00755. The molecule has 3 heterocycles. The Kier molecular flexibility index (Phi) is 11.7. The second-order valence-electron chi connectivity index (χ2n) is 28.5. The first-order chi connectivity index (χ1) is 35.9. The zero-order valence-electron chi connectivity index (χ0n) is 48.8. The summed E-state index contributed by atoms with van der Waals surface area (Å²) in [4.78, 5) is 8.29. The van der Waals surface area contributed by atoms with Crippen molar-refractivity contribution in [2.24, 2.45) is 5.92 Å². The molecule has 0 saturated heterocycles. The van der Waals surface area contributed by atoms with Crippen LogP contribution in [0.25, 0.3) is 11.1 Å². The molecule has 0 bridgehead atoms. The summed E-state index contributed by atoms with van der Waals surface area (Å²) in [7, 11) is 0. The third kappa shape index (κ3) is 7.79. The maximum atomic E-state index is 2.84. The molecule has 3 unspecified atom stereocenters. The van der Waals surface area contributed by atoms with Gasteiger partial charge < -0.3 is 14.7 Å². The van der Waals surface area contributed by atoms with Crippen LogP contribution in [0.4, 0.5) is 45.5 Å². The van der Waals surface area contributed by atoms with Crippen molar-refractivity contribution in [3.8, 4) is 11.1 Å². The Labute approximate surface area is 458 Å². The first-order valence-corrected chi connectivity index (χ1v) is 29.2. The highest BCUT2D eigenvalue weighted by Gasteiger charge is 2.57. The number of anilines is 8. The molecule has 7 aromatic rings. The molecule has 3 atom stereocenters. The third-order valence-corrected chi connectivity index (χ3v) is 19.8. The molecule has 0 spiro atoms. The highest BCUT2D eigenvalue weighted by molar-refractivity contribution is 7.00. The van der Waals surface area contributed by atoms with Crippen molar-refractivity contribution in [3.63, 3.8) is 0 Å². The van der Waals surface area contributed by atoms with Gasteiger partial charge in [-0.1, -0.05) is 201 Å². The van der Waals surface area contributed by atoms with E-state index in [1.165, 1.54) is 145 Å². The SMILES string of the molecule is CC(C)C1CCC(C)(C)c2cc3c(cc21)N(c1ccc(C(C)(C)C)cc1-c1ccccc1)c1cc(N2c4ccccc4C4(C)CCCCCC24C)cc2c1B3c1cc(C(C)(C)C)ccc1N2c1ccc(C(C)(C)C)cc1. The largest absolute Gasteiger partial charge is 0.334 e. The van der Waals surface area contributed by atoms with E-state index in [2.05, 4.69) is 258 Å². The maximum Gasteiger partial charge on any atom is 0.252 e. The van der Waals surface area contributed by atoms with Crippen LogP contribution in [0.2, 0.25) is 0 Å². The minimum atomic E-state index is -0.142. The van der Waals surface area contributed by atoms with Gasteiger partial charge in [0.25, 0.3) is 6.71 Å². The molecule has 1 fully saturated rings. The number of hydrogen-bond donors (Lipinski definition) is 0. The predicted molar refractivity (Wildman–Crippen MR) is 329 cm³/mol. The number of fused-ring (bicyclic) bond motifs is 8. The number of nitrogens with zero attached hydrogens (tertiary/aromatic N) is 3. The number of benzene rings is 7. The standard InChI is InChI=1S/C72H84BN3/c1-46(2)53-36-39-70(12,13)57-45-59-63(44-55(53)57)75(60-34-30-49(68(6,7)8)40-54(60)47-24-18-16-19-25-47)65-43-52(76-61-27-21-20-26-56(61)71(14)37-22-17-23-38-72(71,76)15)42-64-66(65)73(59)58-41-50(69(9,10)11)31-35-62(58)74(64)51-32-28-48(29-33-51)67(3,4)5/h16,18-21,24-35,40-46,53H,17,22-23,36-39H2,1-15H3. The van der Waals surface area contributed by atoms with Gasteiger partial charge in [-0.2, -0.15) is 0 Å². The van der Waals surface area contributed by atoms with Crippen molar-refractivity contribution in [2.75, 3.05) is 14.7 Å². The van der Waals surface area contributed by atoms with Gasteiger partial charge in [-0.25, -0.2) is 0 Å². The number of rotatable bonds is 5. The molecule has 76 heavy (non-hydrogen) atoms. The van der Waals surface area contributed by atoms with E-state index in [9.17, 15) is 0 Å². The van der Waals surface area contributed by atoms with Crippen molar-refractivity contribution in [2.45, 2.75) is 187 Å². The second-order valence-corrected chi connectivity index (χ2v) is 28.5. The van der Waals surface area contributed by atoms with Gasteiger partial charge in [0.15, 0.2) is 0 Å². The fraction of sp³-hybridized carbons (Fsp3) is 0.417. The van der Waals surface area contributed by atoms with E-state index in [4.69, 9.17) is 0 Å². The highest BCUT2D eigenvalue weighted by Crippen LogP contribution is 2.61. The van der Waals surface area contributed by atoms with Gasteiger partial charge in [0, 0.05) is 50.8 Å². The summed E-state index contributed by atoms with van der Waals surface area (Å²) >= 11 is 0. The van der Waals surface area contributed by atoms with Crippen LogP contribution in [0.15, 0.2) is 140 Å². The van der Waals surface area contributed by atoms with E-state index in [1.54, 1.807) is 0 Å². The predicted octanol–water partition coefficient (Wildman–Crippen LogP) is 18.3. The topological polar surface area (TPSA) is 9.72 Å². The van der Waals surface area contributed by atoms with E-state index < -0.39 is 0 Å². The van der Waals surface area contributed by atoms with Crippen LogP contribution in [0.5, 0.6) is 0 Å². The van der Waals surface area contributed by atoms with Crippen LogP contribution in [0.3, 0.4) is 0 Å². The first kappa shape index (κ1) is 50.8. The molecular formula is C72H84BN3. The molecule has 0 amide bonds. The summed E-state index contributed by atoms with van der Waals surface area (Å²) in [5.74, 6) is 0.996. The van der Waals surface area contributed by atoms with E-state index in [-0.39, 0.29) is 39.3 Å². The molecule has 390 valence electrons. The van der Waals surface area contributed by atoms with Gasteiger partial charge in [-0.3, -0.25) is 0 Å². The lowest BCUT2D eigenvalue weighted by Crippen LogP contribution is -2.62. The van der Waals surface area contributed by atoms with Gasteiger partial charge in [-0.15, -0.1) is 0 Å². The molecule has 1 saturated carbocycles. The summed E-state index contributed by atoms with van der Waals surface area (Å²) in [5.41, 5.74) is 25.4. The summed E-state index contributed by atoms with van der Waals surface area (Å²) in [6.45, 7) is 36.4. The van der Waals surface area contributed by atoms with Crippen LogP contribution in [0.1, 0.15) is 188 Å². The Morgan fingerprint density at radius 2 is 1.08 bits per heavy atom. The summed E-state index contributed by atoms with van der Waals surface area (Å²) in [6.07, 6.45) is 8.47. The number of para-hydroxylation sites is 1. The Morgan fingerprint density at radius 3 is 1.75 bits per heavy atom. The molecule has 2 aliphatic carbocycles. The van der Waals surface area contributed by atoms with E-state index >= 15 is 0 Å². The molecule has 7 aromatic carbocycles. The van der Waals surface area contributed by atoms with Crippen molar-refractivity contribution >= 4 is 68.6 Å². The van der Waals surface area contributed by atoms with E-state index in [0.717, 1.165) is 6.42 Å². The molecular weight excluding hydrogens is 918 g/mol. The highest BCUT2D eigenvalue weighted by atomic mass is 15.3. The second kappa shape index (κ2) is 17.5. The molecule has 3 aliphatic heterocycles. The monoisotopic (exact) mass is 1000 g/mol. The molecule has 0 aromatic heterocycles.